The SMILES string of the molecule is CC1COCC(CO)N1C. The van der Waals surface area contributed by atoms with Gasteiger partial charge in [0, 0.05) is 6.04 Å². The number of aliphatic hydroxyl groups is 1. The van der Waals surface area contributed by atoms with Crippen molar-refractivity contribution in [2.24, 2.45) is 0 Å². The molecule has 0 spiro atoms. The van der Waals surface area contributed by atoms with Crippen LogP contribution >= 0.6 is 0 Å². The first-order valence-electron chi connectivity index (χ1n) is 3.66. The molecule has 60 valence electrons. The summed E-state index contributed by atoms with van der Waals surface area (Å²) >= 11 is 0. The van der Waals surface area contributed by atoms with Crippen molar-refractivity contribution in [2.45, 2.75) is 19.0 Å². The highest BCUT2D eigenvalue weighted by Crippen LogP contribution is 2.09. The molecule has 1 saturated heterocycles. The number of ether oxygens (including phenoxy) is 1. The van der Waals surface area contributed by atoms with Gasteiger partial charge in [0.2, 0.25) is 0 Å². The van der Waals surface area contributed by atoms with Crippen molar-refractivity contribution >= 4 is 0 Å². The molecule has 0 aromatic rings. The van der Waals surface area contributed by atoms with E-state index in [0.29, 0.717) is 12.6 Å². The summed E-state index contributed by atoms with van der Waals surface area (Å²) in [4.78, 5) is 2.16. The first kappa shape index (κ1) is 7.98. The summed E-state index contributed by atoms with van der Waals surface area (Å²) < 4.78 is 5.25. The zero-order chi connectivity index (χ0) is 7.56. The van der Waals surface area contributed by atoms with Crippen molar-refractivity contribution in [3.05, 3.63) is 0 Å². The second-order valence-corrected chi connectivity index (χ2v) is 2.89. The molecule has 0 aromatic heterocycles. The van der Waals surface area contributed by atoms with Crippen LogP contribution in [0.1, 0.15) is 6.92 Å². The maximum absolute atomic E-state index is 8.86. The third-order valence-electron chi connectivity index (χ3n) is 2.15. The number of morpholine rings is 1. The lowest BCUT2D eigenvalue weighted by atomic mass is 10.2. The minimum absolute atomic E-state index is 0.195. The molecule has 1 heterocycles. The van der Waals surface area contributed by atoms with E-state index in [9.17, 15) is 0 Å². The molecule has 3 nitrogen and oxygen atoms in total. The predicted molar refractivity (Wildman–Crippen MR) is 38.9 cm³/mol. The van der Waals surface area contributed by atoms with E-state index in [1.165, 1.54) is 0 Å². The number of hydrogen-bond donors (Lipinski definition) is 1. The lowest BCUT2D eigenvalue weighted by Crippen LogP contribution is -2.50. The maximum Gasteiger partial charge on any atom is 0.0645 e. The number of rotatable bonds is 1. The third kappa shape index (κ3) is 1.48. The molecule has 1 fully saturated rings. The molecule has 3 heteroatoms. The van der Waals surface area contributed by atoms with Crippen LogP contribution in [-0.2, 0) is 4.74 Å². The summed E-state index contributed by atoms with van der Waals surface area (Å²) in [6, 6.07) is 0.634. The highest BCUT2D eigenvalue weighted by Gasteiger charge is 2.23. The Kier molecular flexibility index (Phi) is 2.65. The largest absolute Gasteiger partial charge is 0.395 e. The predicted octanol–water partition coefficient (Wildman–Crippen LogP) is -0.302. The van der Waals surface area contributed by atoms with E-state index >= 15 is 0 Å². The Morgan fingerprint density at radius 3 is 2.80 bits per heavy atom. The van der Waals surface area contributed by atoms with Crippen LogP contribution in [0.5, 0.6) is 0 Å². The molecule has 1 aliphatic heterocycles. The van der Waals surface area contributed by atoms with E-state index < -0.39 is 0 Å². The molecule has 1 N–H and O–H groups in total. The van der Waals surface area contributed by atoms with Crippen LogP contribution in [0.25, 0.3) is 0 Å². The van der Waals surface area contributed by atoms with E-state index in [1.54, 1.807) is 0 Å². The smallest absolute Gasteiger partial charge is 0.0645 e. The van der Waals surface area contributed by atoms with Gasteiger partial charge in [-0.25, -0.2) is 0 Å². The molecule has 0 radical (unpaired) electrons. The normalized spacial score (nSPS) is 36.3. The second-order valence-electron chi connectivity index (χ2n) is 2.89. The van der Waals surface area contributed by atoms with E-state index in [4.69, 9.17) is 9.84 Å². The summed E-state index contributed by atoms with van der Waals surface area (Å²) in [6.45, 7) is 3.74. The lowest BCUT2D eigenvalue weighted by Gasteiger charge is -2.36. The van der Waals surface area contributed by atoms with Crippen molar-refractivity contribution in [2.75, 3.05) is 26.9 Å². The molecule has 0 saturated carbocycles. The van der Waals surface area contributed by atoms with Crippen LogP contribution in [-0.4, -0.2) is 49.0 Å². The third-order valence-corrected chi connectivity index (χ3v) is 2.15. The van der Waals surface area contributed by atoms with Gasteiger partial charge in [-0.3, -0.25) is 4.90 Å². The monoisotopic (exact) mass is 145 g/mol. The fourth-order valence-corrected chi connectivity index (χ4v) is 1.15. The Balaban J connectivity index is 2.42. The van der Waals surface area contributed by atoms with Crippen LogP contribution in [0.2, 0.25) is 0 Å². The summed E-state index contributed by atoms with van der Waals surface area (Å²) in [5.41, 5.74) is 0. The zero-order valence-electron chi connectivity index (χ0n) is 6.58. The standard InChI is InChI=1S/C7H15NO2/c1-6-4-10-5-7(3-9)8(6)2/h6-7,9H,3-5H2,1-2H3. The van der Waals surface area contributed by atoms with Gasteiger partial charge < -0.3 is 9.84 Å². The topological polar surface area (TPSA) is 32.7 Å². The van der Waals surface area contributed by atoms with Gasteiger partial charge in [0.05, 0.1) is 25.9 Å². The van der Waals surface area contributed by atoms with Crippen molar-refractivity contribution in [1.82, 2.24) is 4.90 Å². The first-order chi connectivity index (χ1) is 4.75. The fraction of sp³-hybridized carbons (Fsp3) is 1.00. The number of hydrogen-bond acceptors (Lipinski definition) is 3. The highest BCUT2D eigenvalue weighted by molar-refractivity contribution is 4.76. The Bertz CT molecular complexity index is 108. The zero-order valence-corrected chi connectivity index (χ0v) is 6.58. The molecular weight excluding hydrogens is 130 g/mol. The van der Waals surface area contributed by atoms with Crippen LogP contribution < -0.4 is 0 Å². The van der Waals surface area contributed by atoms with Crippen molar-refractivity contribution in [1.29, 1.82) is 0 Å². The van der Waals surface area contributed by atoms with Gasteiger partial charge in [-0.05, 0) is 14.0 Å². The van der Waals surface area contributed by atoms with Gasteiger partial charge in [0.25, 0.3) is 0 Å². The van der Waals surface area contributed by atoms with Crippen LogP contribution in [0, 0.1) is 0 Å². The Hall–Kier alpha value is -0.120. The molecule has 0 bridgehead atoms. The van der Waals surface area contributed by atoms with E-state index in [2.05, 4.69) is 11.8 Å². The number of likely N-dealkylation sites (N-methyl/N-ethyl adjacent to an activating group) is 1. The highest BCUT2D eigenvalue weighted by atomic mass is 16.5. The maximum atomic E-state index is 8.86. The molecule has 2 unspecified atom stereocenters. The minimum atomic E-state index is 0.195. The van der Waals surface area contributed by atoms with Gasteiger partial charge in [0.15, 0.2) is 0 Å². The number of nitrogens with zero attached hydrogens (tertiary/aromatic N) is 1. The van der Waals surface area contributed by atoms with Gasteiger partial charge in [0.1, 0.15) is 0 Å². The average molecular weight is 145 g/mol. The van der Waals surface area contributed by atoms with E-state index in [1.807, 2.05) is 7.05 Å². The van der Waals surface area contributed by atoms with E-state index in [-0.39, 0.29) is 12.6 Å². The quantitative estimate of drug-likeness (QED) is 0.550. The molecule has 0 amide bonds. The summed E-state index contributed by atoms with van der Waals surface area (Å²) in [6.07, 6.45) is 0. The molecule has 1 rings (SSSR count). The first-order valence-corrected chi connectivity index (χ1v) is 3.66. The minimum Gasteiger partial charge on any atom is -0.395 e. The summed E-state index contributed by atoms with van der Waals surface area (Å²) in [5.74, 6) is 0. The van der Waals surface area contributed by atoms with Gasteiger partial charge in [-0.1, -0.05) is 0 Å². The van der Waals surface area contributed by atoms with Gasteiger partial charge in [-0.15, -0.1) is 0 Å². The fourth-order valence-electron chi connectivity index (χ4n) is 1.15. The molecule has 1 aliphatic rings. The van der Waals surface area contributed by atoms with Crippen molar-refractivity contribution in [3.8, 4) is 0 Å². The van der Waals surface area contributed by atoms with Crippen molar-refractivity contribution in [3.63, 3.8) is 0 Å². The van der Waals surface area contributed by atoms with Gasteiger partial charge >= 0.3 is 0 Å². The summed E-state index contributed by atoms with van der Waals surface area (Å²) in [5, 5.41) is 8.86. The van der Waals surface area contributed by atoms with Crippen LogP contribution in [0.15, 0.2) is 0 Å². The van der Waals surface area contributed by atoms with Crippen molar-refractivity contribution < 1.29 is 9.84 Å². The molecule has 2 atom stereocenters. The Morgan fingerprint density at radius 1 is 1.60 bits per heavy atom. The average Bonchev–Trinajstić information content (AvgIpc) is 1.95. The van der Waals surface area contributed by atoms with Crippen LogP contribution in [0.4, 0.5) is 0 Å². The molecule has 0 aliphatic carbocycles. The summed E-state index contributed by atoms with van der Waals surface area (Å²) in [7, 11) is 2.02. The molecular formula is C7H15NO2. The molecule has 10 heavy (non-hydrogen) atoms. The number of aliphatic hydroxyl groups excluding tert-OH is 1. The second kappa shape index (κ2) is 3.32. The van der Waals surface area contributed by atoms with E-state index in [0.717, 1.165) is 6.61 Å². The molecule has 0 aromatic carbocycles. The Labute approximate surface area is 61.6 Å². The van der Waals surface area contributed by atoms with Crippen LogP contribution in [0.3, 0.4) is 0 Å². The van der Waals surface area contributed by atoms with Gasteiger partial charge in [-0.2, -0.15) is 0 Å². The Morgan fingerprint density at radius 2 is 2.30 bits per heavy atom. The lowest BCUT2D eigenvalue weighted by molar-refractivity contribution is -0.0465.